The number of hydrogen-bond acceptors (Lipinski definition) is 4. The molecule has 15 heavy (non-hydrogen) atoms. The number of piperidine rings is 1. The van der Waals surface area contributed by atoms with E-state index < -0.39 is 15.8 Å². The fraction of sp³-hybridized carbons (Fsp3) is 0.889. The normalized spacial score (nSPS) is 32.2. The molecule has 2 atom stereocenters. The molecule has 0 saturated carbocycles. The minimum atomic E-state index is -3.34. The summed E-state index contributed by atoms with van der Waals surface area (Å²) < 4.78 is 24.8. The Hall–Kier alpha value is -0.640. The first kappa shape index (κ1) is 10.9. The molecule has 0 aliphatic carbocycles. The van der Waals surface area contributed by atoms with Gasteiger partial charge in [-0.3, -0.25) is 0 Å². The molecule has 2 saturated heterocycles. The Balaban J connectivity index is 2.06. The van der Waals surface area contributed by atoms with Gasteiger partial charge in [-0.05, 0) is 25.3 Å². The van der Waals surface area contributed by atoms with Crippen LogP contribution in [0.1, 0.15) is 12.8 Å². The lowest BCUT2D eigenvalue weighted by molar-refractivity contribution is 0.339. The zero-order valence-corrected chi connectivity index (χ0v) is 9.33. The summed E-state index contributed by atoms with van der Waals surface area (Å²) in [6.07, 6.45) is 2.21. The molecule has 0 amide bonds. The van der Waals surface area contributed by atoms with Crippen molar-refractivity contribution in [2.24, 2.45) is 5.92 Å². The average molecular weight is 229 g/mol. The summed E-state index contributed by atoms with van der Waals surface area (Å²) in [5.74, 6) is 0.0408. The van der Waals surface area contributed by atoms with Gasteiger partial charge in [0.2, 0.25) is 10.0 Å². The predicted molar refractivity (Wildman–Crippen MR) is 55.5 cm³/mol. The fourth-order valence-corrected chi connectivity index (χ4v) is 3.56. The lowest BCUT2D eigenvalue weighted by Gasteiger charge is -2.24. The highest BCUT2D eigenvalue weighted by Gasteiger charge is 2.39. The van der Waals surface area contributed by atoms with E-state index in [2.05, 4.69) is 5.32 Å². The summed E-state index contributed by atoms with van der Waals surface area (Å²) in [4.78, 5) is 0. The van der Waals surface area contributed by atoms with Crippen molar-refractivity contribution in [1.82, 2.24) is 9.62 Å². The summed E-state index contributed by atoms with van der Waals surface area (Å²) >= 11 is 0. The maximum Gasteiger partial charge on any atom is 0.227 e. The van der Waals surface area contributed by atoms with Crippen LogP contribution in [0.3, 0.4) is 0 Å². The second kappa shape index (κ2) is 4.08. The highest BCUT2D eigenvalue weighted by molar-refractivity contribution is 7.89. The third-order valence-corrected chi connectivity index (χ3v) is 4.78. The van der Waals surface area contributed by atoms with Crippen LogP contribution in [0.15, 0.2) is 0 Å². The summed E-state index contributed by atoms with van der Waals surface area (Å²) in [5.41, 5.74) is 0. The van der Waals surface area contributed by atoms with E-state index in [0.29, 0.717) is 25.0 Å². The van der Waals surface area contributed by atoms with Gasteiger partial charge in [-0.2, -0.15) is 9.57 Å². The van der Waals surface area contributed by atoms with E-state index in [1.54, 1.807) is 6.07 Å². The second-order valence-corrected chi connectivity index (χ2v) is 6.16. The summed E-state index contributed by atoms with van der Waals surface area (Å²) in [7, 11) is -3.34. The number of rotatable bonds is 2. The van der Waals surface area contributed by atoms with Crippen LogP contribution in [-0.4, -0.2) is 44.2 Å². The highest BCUT2D eigenvalue weighted by atomic mass is 32.2. The first-order valence-corrected chi connectivity index (χ1v) is 6.82. The molecule has 2 aliphatic heterocycles. The minimum Gasteiger partial charge on any atom is -0.312 e. The van der Waals surface area contributed by atoms with Gasteiger partial charge in [0.05, 0.1) is 6.07 Å². The van der Waals surface area contributed by atoms with E-state index in [9.17, 15) is 8.42 Å². The number of fused-ring (bicyclic) bond motifs is 1. The second-order valence-electron chi connectivity index (χ2n) is 4.19. The van der Waals surface area contributed by atoms with Gasteiger partial charge in [-0.15, -0.1) is 0 Å². The van der Waals surface area contributed by atoms with Gasteiger partial charge in [-0.25, -0.2) is 8.42 Å². The lowest BCUT2D eigenvalue weighted by Crippen LogP contribution is -2.41. The quantitative estimate of drug-likeness (QED) is 0.694. The van der Waals surface area contributed by atoms with Gasteiger partial charge in [0, 0.05) is 19.1 Å². The Labute approximate surface area is 90.1 Å². The van der Waals surface area contributed by atoms with Crippen molar-refractivity contribution >= 4 is 10.0 Å². The predicted octanol–water partition coefficient (Wildman–Crippen LogP) is -0.476. The van der Waals surface area contributed by atoms with Gasteiger partial charge in [0.15, 0.2) is 5.75 Å². The van der Waals surface area contributed by atoms with Crippen molar-refractivity contribution in [3.8, 4) is 6.07 Å². The van der Waals surface area contributed by atoms with Crippen molar-refractivity contribution in [3.63, 3.8) is 0 Å². The molecular formula is C9H15N3O2S. The molecule has 2 fully saturated rings. The number of nitrogens with one attached hydrogen (secondary N) is 1. The molecule has 6 heteroatoms. The highest BCUT2D eigenvalue weighted by Crippen LogP contribution is 2.26. The lowest BCUT2D eigenvalue weighted by atomic mass is 9.94. The van der Waals surface area contributed by atoms with E-state index in [-0.39, 0.29) is 0 Å². The zero-order valence-electron chi connectivity index (χ0n) is 8.52. The summed E-state index contributed by atoms with van der Waals surface area (Å²) in [6.45, 7) is 2.10. The topological polar surface area (TPSA) is 73.2 Å². The molecule has 2 rings (SSSR count). The third kappa shape index (κ3) is 2.14. The molecule has 2 heterocycles. The maximum atomic E-state index is 11.7. The molecule has 5 nitrogen and oxygen atoms in total. The van der Waals surface area contributed by atoms with E-state index in [1.807, 2.05) is 0 Å². The molecule has 2 aliphatic rings. The first-order valence-electron chi connectivity index (χ1n) is 5.21. The van der Waals surface area contributed by atoms with E-state index in [1.165, 1.54) is 4.31 Å². The van der Waals surface area contributed by atoms with Crippen molar-refractivity contribution in [1.29, 1.82) is 5.26 Å². The van der Waals surface area contributed by atoms with Gasteiger partial charge in [-0.1, -0.05) is 0 Å². The molecule has 0 spiro atoms. The van der Waals surface area contributed by atoms with Crippen molar-refractivity contribution in [2.75, 3.05) is 25.4 Å². The van der Waals surface area contributed by atoms with E-state index >= 15 is 0 Å². The maximum absolute atomic E-state index is 11.7. The molecule has 0 bridgehead atoms. The molecule has 84 valence electrons. The molecule has 0 radical (unpaired) electrons. The zero-order chi connectivity index (χ0) is 10.9. The summed E-state index contributed by atoms with van der Waals surface area (Å²) in [6, 6.07) is 2.01. The van der Waals surface area contributed by atoms with Crippen molar-refractivity contribution < 1.29 is 8.42 Å². The van der Waals surface area contributed by atoms with Gasteiger partial charge in [0.25, 0.3) is 0 Å². The Bertz CT molecular complexity index is 359. The Kier molecular flexibility index (Phi) is 2.96. The van der Waals surface area contributed by atoms with Crippen molar-refractivity contribution in [3.05, 3.63) is 0 Å². The standard InChI is InChI=1S/C9H15N3O2S/c10-3-5-15(13,14)12-6-8-2-1-4-11-9(8)7-12/h8-9,11H,1-2,4-7H2/t8-,9+/m0/s1. The van der Waals surface area contributed by atoms with Crippen molar-refractivity contribution in [2.45, 2.75) is 18.9 Å². The van der Waals surface area contributed by atoms with Crippen LogP contribution in [0.2, 0.25) is 0 Å². The SMILES string of the molecule is N#CCS(=O)(=O)N1C[C@@H]2CCCN[C@@H]2C1. The smallest absolute Gasteiger partial charge is 0.227 e. The molecule has 0 aromatic heterocycles. The first-order chi connectivity index (χ1) is 7.13. The Morgan fingerprint density at radius 3 is 2.93 bits per heavy atom. The van der Waals surface area contributed by atoms with Crippen LogP contribution in [0, 0.1) is 17.2 Å². The van der Waals surface area contributed by atoms with Gasteiger partial charge >= 0.3 is 0 Å². The average Bonchev–Trinajstić information content (AvgIpc) is 2.61. The fourth-order valence-electron chi connectivity index (χ4n) is 2.41. The van der Waals surface area contributed by atoms with Crippen LogP contribution in [0.4, 0.5) is 0 Å². The largest absolute Gasteiger partial charge is 0.312 e. The van der Waals surface area contributed by atoms with Crippen LogP contribution < -0.4 is 5.32 Å². The molecule has 0 aromatic rings. The van der Waals surface area contributed by atoms with E-state index in [4.69, 9.17) is 5.26 Å². The molecule has 0 unspecified atom stereocenters. The monoisotopic (exact) mass is 229 g/mol. The molecule has 1 N–H and O–H groups in total. The van der Waals surface area contributed by atoms with Gasteiger partial charge < -0.3 is 5.32 Å². The minimum absolute atomic E-state index is 0.298. The summed E-state index contributed by atoms with van der Waals surface area (Å²) in [5, 5.41) is 11.8. The number of nitrogens with zero attached hydrogens (tertiary/aromatic N) is 2. The number of nitriles is 1. The van der Waals surface area contributed by atoms with Crippen LogP contribution in [0.25, 0.3) is 0 Å². The Morgan fingerprint density at radius 1 is 1.47 bits per heavy atom. The van der Waals surface area contributed by atoms with Gasteiger partial charge in [0.1, 0.15) is 0 Å². The van der Waals surface area contributed by atoms with Crippen LogP contribution >= 0.6 is 0 Å². The Morgan fingerprint density at radius 2 is 2.27 bits per heavy atom. The number of hydrogen-bond donors (Lipinski definition) is 1. The van der Waals surface area contributed by atoms with E-state index in [0.717, 1.165) is 19.4 Å². The molecular weight excluding hydrogens is 214 g/mol. The number of sulfonamides is 1. The third-order valence-electron chi connectivity index (χ3n) is 3.21. The van der Waals surface area contributed by atoms with Crippen LogP contribution in [-0.2, 0) is 10.0 Å². The molecule has 0 aromatic carbocycles. The van der Waals surface area contributed by atoms with Crippen LogP contribution in [0.5, 0.6) is 0 Å².